The predicted octanol–water partition coefficient (Wildman–Crippen LogP) is 2.61. The van der Waals surface area contributed by atoms with Crippen LogP contribution in [0.4, 0.5) is 4.79 Å². The van der Waals surface area contributed by atoms with Gasteiger partial charge >= 0.3 is 5.97 Å². The molecule has 2 aromatic rings. The number of imide groups is 1. The number of amides is 2. The molecule has 128 valence electrons. The minimum absolute atomic E-state index is 0.194. The maximum Gasteiger partial charge on any atom is 0.323 e. The van der Waals surface area contributed by atoms with Crippen LogP contribution in [0, 0.1) is 0 Å². The lowest BCUT2D eigenvalue weighted by Gasteiger charge is -2.09. The maximum absolute atomic E-state index is 12.2. The van der Waals surface area contributed by atoms with Crippen LogP contribution in [-0.4, -0.2) is 45.3 Å². The van der Waals surface area contributed by atoms with Crippen molar-refractivity contribution in [3.63, 3.8) is 0 Å². The van der Waals surface area contributed by atoms with E-state index in [4.69, 9.17) is 9.84 Å². The van der Waals surface area contributed by atoms with E-state index in [-0.39, 0.29) is 4.91 Å². The SMILES string of the molecule is COc1ccc(-n2cccc2/C=C2/SC(=O)N(CC(=O)O)C2=O)cc1. The van der Waals surface area contributed by atoms with E-state index in [9.17, 15) is 14.4 Å². The maximum atomic E-state index is 12.2. The highest BCUT2D eigenvalue weighted by Crippen LogP contribution is 2.32. The number of hydrogen-bond donors (Lipinski definition) is 1. The van der Waals surface area contributed by atoms with Crippen LogP contribution < -0.4 is 4.74 Å². The summed E-state index contributed by atoms with van der Waals surface area (Å²) in [6, 6.07) is 11.0. The normalized spacial score (nSPS) is 15.9. The smallest absolute Gasteiger partial charge is 0.323 e. The van der Waals surface area contributed by atoms with Gasteiger partial charge in [-0.3, -0.25) is 19.3 Å². The van der Waals surface area contributed by atoms with Gasteiger partial charge < -0.3 is 14.4 Å². The van der Waals surface area contributed by atoms with E-state index in [0.717, 1.165) is 28.1 Å². The Hall–Kier alpha value is -3.00. The first-order valence-corrected chi connectivity index (χ1v) is 8.10. The van der Waals surface area contributed by atoms with E-state index in [2.05, 4.69) is 0 Å². The van der Waals surface area contributed by atoms with Crippen LogP contribution in [0.15, 0.2) is 47.5 Å². The van der Waals surface area contributed by atoms with E-state index in [1.54, 1.807) is 19.3 Å². The molecule has 1 fully saturated rings. The van der Waals surface area contributed by atoms with Crippen molar-refractivity contribution in [2.24, 2.45) is 0 Å². The zero-order valence-corrected chi connectivity index (χ0v) is 14.0. The number of benzene rings is 1. The largest absolute Gasteiger partial charge is 0.497 e. The number of carboxylic acids is 1. The molecular weight excluding hydrogens is 344 g/mol. The first-order valence-electron chi connectivity index (χ1n) is 7.28. The summed E-state index contributed by atoms with van der Waals surface area (Å²) in [7, 11) is 1.59. The Kier molecular flexibility index (Phi) is 4.62. The number of aromatic nitrogens is 1. The van der Waals surface area contributed by atoms with Gasteiger partial charge in [0.15, 0.2) is 0 Å². The fraction of sp³-hybridized carbons (Fsp3) is 0.118. The van der Waals surface area contributed by atoms with Crippen molar-refractivity contribution in [1.29, 1.82) is 0 Å². The number of thioether (sulfide) groups is 1. The summed E-state index contributed by atoms with van der Waals surface area (Å²) in [6.45, 7) is -0.637. The number of ether oxygens (including phenoxy) is 1. The quantitative estimate of drug-likeness (QED) is 0.827. The summed E-state index contributed by atoms with van der Waals surface area (Å²) in [5, 5.41) is 8.22. The molecule has 0 radical (unpaired) electrons. The molecule has 0 bridgehead atoms. The van der Waals surface area contributed by atoms with Crippen molar-refractivity contribution in [2.45, 2.75) is 0 Å². The second-order valence-electron chi connectivity index (χ2n) is 5.16. The Bertz CT molecular complexity index is 869. The molecule has 0 saturated carbocycles. The van der Waals surface area contributed by atoms with Gasteiger partial charge in [-0.05, 0) is 54.2 Å². The number of methoxy groups -OCH3 is 1. The van der Waals surface area contributed by atoms with E-state index >= 15 is 0 Å². The molecule has 0 spiro atoms. The van der Waals surface area contributed by atoms with Crippen molar-refractivity contribution in [3.05, 3.63) is 53.2 Å². The van der Waals surface area contributed by atoms with Gasteiger partial charge in [-0.2, -0.15) is 0 Å². The summed E-state index contributed by atoms with van der Waals surface area (Å²) < 4.78 is 6.99. The van der Waals surface area contributed by atoms with Crippen molar-refractivity contribution >= 4 is 35.0 Å². The molecule has 1 aromatic carbocycles. The monoisotopic (exact) mass is 358 g/mol. The molecule has 0 atom stereocenters. The minimum Gasteiger partial charge on any atom is -0.497 e. The Labute approximate surface area is 147 Å². The third kappa shape index (κ3) is 3.43. The van der Waals surface area contributed by atoms with Crippen LogP contribution >= 0.6 is 11.8 Å². The molecule has 1 saturated heterocycles. The summed E-state index contributed by atoms with van der Waals surface area (Å²) in [5.74, 6) is -1.10. The van der Waals surface area contributed by atoms with E-state index in [1.807, 2.05) is 41.1 Å². The second kappa shape index (κ2) is 6.86. The summed E-state index contributed by atoms with van der Waals surface area (Å²) in [4.78, 5) is 35.8. The lowest BCUT2D eigenvalue weighted by molar-refractivity contribution is -0.140. The van der Waals surface area contributed by atoms with Gasteiger partial charge in [0.2, 0.25) is 0 Å². The Morgan fingerprint density at radius 1 is 1.24 bits per heavy atom. The molecule has 1 N–H and O–H groups in total. The first-order chi connectivity index (χ1) is 12.0. The number of nitrogens with zero attached hydrogens (tertiary/aromatic N) is 2. The van der Waals surface area contributed by atoms with Crippen LogP contribution in [-0.2, 0) is 9.59 Å². The second-order valence-corrected chi connectivity index (χ2v) is 6.16. The lowest BCUT2D eigenvalue weighted by Crippen LogP contribution is -2.33. The Balaban J connectivity index is 1.90. The molecule has 1 aliphatic rings. The highest BCUT2D eigenvalue weighted by molar-refractivity contribution is 8.18. The van der Waals surface area contributed by atoms with Gasteiger partial charge in [0.1, 0.15) is 12.3 Å². The highest BCUT2D eigenvalue weighted by atomic mass is 32.2. The molecule has 25 heavy (non-hydrogen) atoms. The molecule has 7 nitrogen and oxygen atoms in total. The van der Waals surface area contributed by atoms with Crippen molar-refractivity contribution in [2.75, 3.05) is 13.7 Å². The van der Waals surface area contributed by atoms with Crippen molar-refractivity contribution in [1.82, 2.24) is 9.47 Å². The van der Waals surface area contributed by atoms with Gasteiger partial charge in [-0.25, -0.2) is 0 Å². The number of hydrogen-bond acceptors (Lipinski definition) is 5. The molecule has 2 heterocycles. The molecule has 3 rings (SSSR count). The van der Waals surface area contributed by atoms with E-state index < -0.39 is 23.7 Å². The van der Waals surface area contributed by atoms with E-state index in [0.29, 0.717) is 5.69 Å². The van der Waals surface area contributed by atoms with E-state index in [1.165, 1.54) is 0 Å². The Morgan fingerprint density at radius 2 is 1.96 bits per heavy atom. The predicted molar refractivity (Wildman–Crippen MR) is 92.6 cm³/mol. The number of carboxylic acid groups (broad SMARTS) is 1. The number of rotatable bonds is 5. The van der Waals surface area contributed by atoms with Crippen LogP contribution in [0.2, 0.25) is 0 Å². The third-order valence-electron chi connectivity index (χ3n) is 3.58. The van der Waals surface area contributed by atoms with Crippen LogP contribution in [0.25, 0.3) is 11.8 Å². The fourth-order valence-electron chi connectivity index (χ4n) is 2.40. The van der Waals surface area contributed by atoms with Crippen LogP contribution in [0.5, 0.6) is 5.75 Å². The lowest BCUT2D eigenvalue weighted by atomic mass is 10.3. The molecule has 2 amide bonds. The van der Waals surface area contributed by atoms with Gasteiger partial charge in [0, 0.05) is 17.6 Å². The molecule has 1 aromatic heterocycles. The number of carbonyl (C=O) groups excluding carboxylic acids is 2. The summed E-state index contributed by atoms with van der Waals surface area (Å²) >= 11 is 0.734. The Morgan fingerprint density at radius 3 is 2.60 bits per heavy atom. The summed E-state index contributed by atoms with van der Waals surface area (Å²) in [5.41, 5.74) is 1.56. The number of carbonyl (C=O) groups is 3. The third-order valence-corrected chi connectivity index (χ3v) is 4.48. The average Bonchev–Trinajstić information content (AvgIpc) is 3.15. The van der Waals surface area contributed by atoms with Crippen molar-refractivity contribution < 1.29 is 24.2 Å². The molecule has 1 aliphatic heterocycles. The topological polar surface area (TPSA) is 88.8 Å². The molecular formula is C17H14N2O5S. The zero-order chi connectivity index (χ0) is 18.0. The summed E-state index contributed by atoms with van der Waals surface area (Å²) in [6.07, 6.45) is 3.41. The van der Waals surface area contributed by atoms with Gasteiger partial charge in [0.05, 0.1) is 12.0 Å². The molecule has 0 unspecified atom stereocenters. The van der Waals surface area contributed by atoms with Crippen LogP contribution in [0.1, 0.15) is 5.69 Å². The highest BCUT2D eigenvalue weighted by Gasteiger charge is 2.36. The van der Waals surface area contributed by atoms with Gasteiger partial charge in [-0.1, -0.05) is 0 Å². The van der Waals surface area contributed by atoms with Gasteiger partial charge in [-0.15, -0.1) is 0 Å². The first kappa shape index (κ1) is 16.8. The number of aliphatic carboxylic acids is 1. The van der Waals surface area contributed by atoms with Gasteiger partial charge in [0.25, 0.3) is 11.1 Å². The molecule has 0 aliphatic carbocycles. The minimum atomic E-state index is -1.23. The molecule has 8 heteroatoms. The van der Waals surface area contributed by atoms with Crippen molar-refractivity contribution in [3.8, 4) is 11.4 Å². The fourth-order valence-corrected chi connectivity index (χ4v) is 3.22. The standard InChI is InChI=1S/C17H14N2O5S/c1-24-13-6-4-11(5-7-13)18-8-2-3-12(18)9-14-16(22)19(10-15(20)21)17(23)25-14/h2-9H,10H2,1H3,(H,20,21)/b14-9+. The zero-order valence-electron chi connectivity index (χ0n) is 13.2. The van der Waals surface area contributed by atoms with Crippen LogP contribution in [0.3, 0.4) is 0 Å². The average molecular weight is 358 g/mol.